The van der Waals surface area contributed by atoms with Crippen LogP contribution < -0.4 is 0 Å². The first-order valence-electron chi connectivity index (χ1n) is 37.0. The minimum absolute atomic E-state index is 0.000293. The molecule has 0 radical (unpaired) electrons. The van der Waals surface area contributed by atoms with Gasteiger partial charge in [0.05, 0.1) is 0 Å². The van der Waals surface area contributed by atoms with Crippen molar-refractivity contribution in [2.45, 2.75) is 343 Å². The Morgan fingerprint density at radius 1 is 0.337 bits per heavy atom. The minimum atomic E-state index is -0.534. The number of hydrogen-bond donors (Lipinski definition) is 0. The third-order valence-corrected chi connectivity index (χ3v) is 18.6. The first-order chi connectivity index (χ1) is 43.5. The second kappa shape index (κ2) is 66.4. The third kappa shape index (κ3) is 57.4. The van der Waals surface area contributed by atoms with Gasteiger partial charge in [-0.05, 0) is 122 Å². The summed E-state index contributed by atoms with van der Waals surface area (Å²) in [5.41, 5.74) is 0. The number of allylic oxidation sites excluding steroid dienone is 2. The highest BCUT2D eigenvalue weighted by molar-refractivity contribution is 8.13. The van der Waals surface area contributed by atoms with Crippen molar-refractivity contribution in [3.8, 4) is 0 Å². The van der Waals surface area contributed by atoms with E-state index in [2.05, 4.69) is 59.4 Å². The first kappa shape index (κ1) is 86.0. The molecule has 1 atom stereocenters. The number of nitrogens with zero attached hydrogens (tertiary/aromatic N) is 3. The molecule has 0 rings (SSSR count). The van der Waals surface area contributed by atoms with Crippen molar-refractivity contribution in [1.82, 2.24) is 14.7 Å². The van der Waals surface area contributed by atoms with Gasteiger partial charge in [0.1, 0.15) is 38.5 Å². The summed E-state index contributed by atoms with van der Waals surface area (Å²) in [5.74, 6) is -0.115. The van der Waals surface area contributed by atoms with Crippen molar-refractivity contribution in [3.05, 3.63) is 24.3 Å². The SMILES string of the molecule is CCCCCC/C=C\COC(=O)CCCN(CCCC(=O)OC(CCCCCCCC)CCCCCCCC)C(=O)SCCCCCCCCCCC(CCCCCCC)OC(=O)CN(CC(=O)OC/C=C\CCCCCC)C(=O)SCCCN(CC)CC. The molecular formula is C74H137N3O10S2. The standard InChI is InChI=1S/C74H137N3O10S2/c1-8-15-20-25-32-39-46-61-84-69(78)56-49-59-76(60-50-57-70(79)86-67(52-43-36-27-22-17-10-3)53-44-37-28-23-18-11-4)73(82)88-63-48-41-34-30-29-31-38-45-55-68(54-42-35-24-19-12-5)87-72(81)66-77(74(83)89-64-51-58-75(13-6)14-7)65-71(80)85-62-47-40-33-26-21-16-9-2/h39-40,46-47,67-68H,8-38,41-45,48-66H2,1-7H3/b46-39-,47-40-. The topological polar surface area (TPSA) is 149 Å². The van der Waals surface area contributed by atoms with Gasteiger partial charge in [-0.1, -0.05) is 263 Å². The van der Waals surface area contributed by atoms with Crippen LogP contribution in [0.2, 0.25) is 0 Å². The van der Waals surface area contributed by atoms with Crippen molar-refractivity contribution in [2.75, 3.05) is 70.5 Å². The van der Waals surface area contributed by atoms with Crippen molar-refractivity contribution < 1.29 is 47.7 Å². The molecule has 0 heterocycles. The zero-order valence-corrected chi connectivity index (χ0v) is 60.2. The summed E-state index contributed by atoms with van der Waals surface area (Å²) in [6.45, 7) is 18.8. The number of amides is 2. The Hall–Kier alpha value is -3.04. The molecule has 2 amide bonds. The van der Waals surface area contributed by atoms with Gasteiger partial charge < -0.3 is 33.6 Å². The Morgan fingerprint density at radius 3 is 1.12 bits per heavy atom. The van der Waals surface area contributed by atoms with Gasteiger partial charge in [-0.2, -0.15) is 0 Å². The number of hydrogen-bond acceptors (Lipinski definition) is 13. The zero-order valence-electron chi connectivity index (χ0n) is 58.6. The molecule has 0 bridgehead atoms. The molecule has 89 heavy (non-hydrogen) atoms. The Kier molecular flexibility index (Phi) is 64.1. The van der Waals surface area contributed by atoms with Gasteiger partial charge in [0.25, 0.3) is 10.5 Å². The number of thioether (sulfide) groups is 2. The smallest absolute Gasteiger partial charge is 0.326 e. The van der Waals surface area contributed by atoms with Crippen LogP contribution >= 0.6 is 23.5 Å². The predicted molar refractivity (Wildman–Crippen MR) is 378 cm³/mol. The molecule has 13 nitrogen and oxygen atoms in total. The summed E-state index contributed by atoms with van der Waals surface area (Å²) < 4.78 is 23.2. The maximum Gasteiger partial charge on any atom is 0.326 e. The molecule has 0 aromatic heterocycles. The molecule has 0 fully saturated rings. The molecule has 0 aromatic carbocycles. The van der Waals surface area contributed by atoms with Gasteiger partial charge in [0, 0.05) is 37.4 Å². The number of rotatable bonds is 65. The van der Waals surface area contributed by atoms with E-state index < -0.39 is 11.9 Å². The predicted octanol–water partition coefficient (Wildman–Crippen LogP) is 20.9. The number of esters is 4. The summed E-state index contributed by atoms with van der Waals surface area (Å²) in [5, 5.41) is -0.308. The maximum atomic E-state index is 13.7. The zero-order chi connectivity index (χ0) is 65.3. The quantitative estimate of drug-likeness (QED) is 0.0246. The van der Waals surface area contributed by atoms with Crippen LogP contribution in [0.3, 0.4) is 0 Å². The number of carbonyl (C=O) groups excluding carboxylic acids is 6. The lowest BCUT2D eigenvalue weighted by atomic mass is 10.0. The molecule has 0 aliphatic carbocycles. The highest BCUT2D eigenvalue weighted by Crippen LogP contribution is 2.22. The fraction of sp³-hybridized carbons (Fsp3) is 0.865. The van der Waals surface area contributed by atoms with E-state index in [1.54, 1.807) is 0 Å². The summed E-state index contributed by atoms with van der Waals surface area (Å²) in [6, 6.07) is 0. The minimum Gasteiger partial charge on any atom is -0.462 e. The van der Waals surface area contributed by atoms with E-state index in [1.807, 2.05) is 23.1 Å². The molecule has 15 heteroatoms. The molecule has 0 saturated carbocycles. The molecule has 0 saturated heterocycles. The largest absolute Gasteiger partial charge is 0.462 e. The summed E-state index contributed by atoms with van der Waals surface area (Å²) in [7, 11) is 0. The summed E-state index contributed by atoms with van der Waals surface area (Å²) >= 11 is 2.50. The van der Waals surface area contributed by atoms with Crippen molar-refractivity contribution in [3.63, 3.8) is 0 Å². The third-order valence-electron chi connectivity index (χ3n) is 16.6. The number of unbranched alkanes of at least 4 members (excludes halogenated alkanes) is 29. The molecule has 0 aliphatic heterocycles. The van der Waals surface area contributed by atoms with Gasteiger partial charge in [-0.15, -0.1) is 0 Å². The molecule has 520 valence electrons. The summed E-state index contributed by atoms with van der Waals surface area (Å²) in [4.78, 5) is 85.3. The van der Waals surface area contributed by atoms with Crippen molar-refractivity contribution >= 4 is 57.9 Å². The van der Waals surface area contributed by atoms with Crippen LogP contribution in [0.1, 0.15) is 331 Å². The molecule has 0 aromatic rings. The van der Waals surface area contributed by atoms with E-state index >= 15 is 0 Å². The van der Waals surface area contributed by atoms with E-state index in [9.17, 15) is 28.8 Å². The monoisotopic (exact) mass is 1290 g/mol. The highest BCUT2D eigenvalue weighted by atomic mass is 32.2. The highest BCUT2D eigenvalue weighted by Gasteiger charge is 2.25. The average Bonchev–Trinajstić information content (AvgIpc) is 3.73. The van der Waals surface area contributed by atoms with Gasteiger partial charge in [0.2, 0.25) is 0 Å². The normalized spacial score (nSPS) is 12.0. The van der Waals surface area contributed by atoms with Gasteiger partial charge >= 0.3 is 23.9 Å². The Bertz CT molecular complexity index is 1720. The van der Waals surface area contributed by atoms with E-state index in [0.717, 1.165) is 185 Å². The average molecular weight is 1290 g/mol. The van der Waals surface area contributed by atoms with E-state index in [4.69, 9.17) is 18.9 Å². The lowest BCUT2D eigenvalue weighted by Crippen LogP contribution is -2.39. The van der Waals surface area contributed by atoms with Crippen LogP contribution in [0.25, 0.3) is 0 Å². The van der Waals surface area contributed by atoms with Crippen molar-refractivity contribution in [1.29, 1.82) is 0 Å². The van der Waals surface area contributed by atoms with Crippen LogP contribution in [0.5, 0.6) is 0 Å². The fourth-order valence-corrected chi connectivity index (χ4v) is 12.6. The molecule has 0 spiro atoms. The first-order valence-corrected chi connectivity index (χ1v) is 39.0. The van der Waals surface area contributed by atoms with Crippen LogP contribution in [0, 0.1) is 0 Å². The van der Waals surface area contributed by atoms with Gasteiger partial charge in [-0.3, -0.25) is 28.8 Å². The second-order valence-corrected chi connectivity index (χ2v) is 26.9. The van der Waals surface area contributed by atoms with Crippen LogP contribution in [0.4, 0.5) is 9.59 Å². The molecular weight excluding hydrogens is 1150 g/mol. The van der Waals surface area contributed by atoms with E-state index in [-0.39, 0.29) is 73.8 Å². The van der Waals surface area contributed by atoms with Gasteiger partial charge in [0.15, 0.2) is 0 Å². The Morgan fingerprint density at radius 2 is 0.685 bits per heavy atom. The van der Waals surface area contributed by atoms with Gasteiger partial charge in [-0.25, -0.2) is 0 Å². The lowest BCUT2D eigenvalue weighted by Gasteiger charge is -2.23. The van der Waals surface area contributed by atoms with E-state index in [1.165, 1.54) is 126 Å². The fourth-order valence-electron chi connectivity index (χ4n) is 10.9. The Balaban J connectivity index is 5.37. The summed E-state index contributed by atoms with van der Waals surface area (Å²) in [6.07, 6.45) is 53.4. The van der Waals surface area contributed by atoms with Crippen LogP contribution in [-0.2, 0) is 38.1 Å². The number of carbonyl (C=O) groups is 6. The maximum absolute atomic E-state index is 13.7. The number of ether oxygens (including phenoxy) is 4. The Labute approximate surface area is 555 Å². The second-order valence-electron chi connectivity index (χ2n) is 24.8. The van der Waals surface area contributed by atoms with E-state index in [0.29, 0.717) is 31.7 Å². The lowest BCUT2D eigenvalue weighted by molar-refractivity contribution is -0.152. The molecule has 0 aliphatic rings. The van der Waals surface area contributed by atoms with Crippen molar-refractivity contribution in [2.24, 2.45) is 0 Å². The van der Waals surface area contributed by atoms with Crippen LogP contribution in [-0.4, -0.2) is 132 Å². The molecule has 0 N–H and O–H groups in total. The molecule has 1 unspecified atom stereocenters. The van der Waals surface area contributed by atoms with Crippen LogP contribution in [0.15, 0.2) is 24.3 Å².